The molecule has 7 heteroatoms. The van der Waals surface area contributed by atoms with E-state index in [1.165, 1.54) is 6.33 Å². The number of halogens is 1. The Bertz CT molecular complexity index is 983. The Morgan fingerprint density at radius 1 is 1.27 bits per heavy atom. The Kier molecular flexibility index (Phi) is 4.36. The molecule has 3 heterocycles. The molecule has 1 aromatic carbocycles. The smallest absolute Gasteiger partial charge is 0.254 e. The zero-order chi connectivity index (χ0) is 18.3. The topological polar surface area (TPSA) is 63.4 Å². The van der Waals surface area contributed by atoms with Crippen LogP contribution in [-0.4, -0.2) is 43.5 Å². The SMILES string of the molecule is Cc1cc(C2CCCN(C(=O)c3ccc(Cl)cc3C)C2)n2ncnc2n1. The highest BCUT2D eigenvalue weighted by atomic mass is 35.5. The number of carbonyl (C=O) groups is 1. The highest BCUT2D eigenvalue weighted by Crippen LogP contribution is 2.28. The van der Waals surface area contributed by atoms with Crippen molar-refractivity contribution in [2.24, 2.45) is 0 Å². The first-order chi connectivity index (χ1) is 12.5. The first kappa shape index (κ1) is 17.0. The van der Waals surface area contributed by atoms with Crippen LogP contribution in [0, 0.1) is 13.8 Å². The van der Waals surface area contributed by atoms with Crippen molar-refractivity contribution in [1.29, 1.82) is 0 Å². The normalized spacial score (nSPS) is 17.7. The second-order valence-electron chi connectivity index (χ2n) is 6.84. The van der Waals surface area contributed by atoms with Gasteiger partial charge in [0.1, 0.15) is 6.33 Å². The number of amides is 1. The van der Waals surface area contributed by atoms with Gasteiger partial charge in [-0.1, -0.05) is 11.6 Å². The van der Waals surface area contributed by atoms with Crippen molar-refractivity contribution in [2.75, 3.05) is 13.1 Å². The molecule has 2 aromatic heterocycles. The van der Waals surface area contributed by atoms with E-state index in [0.717, 1.165) is 36.3 Å². The number of rotatable bonds is 2. The van der Waals surface area contributed by atoms with Crippen LogP contribution in [0.1, 0.15) is 46.1 Å². The molecule has 1 unspecified atom stereocenters. The van der Waals surface area contributed by atoms with Crippen molar-refractivity contribution >= 4 is 23.3 Å². The van der Waals surface area contributed by atoms with E-state index >= 15 is 0 Å². The fraction of sp³-hybridized carbons (Fsp3) is 0.368. The molecule has 1 aliphatic heterocycles. The second kappa shape index (κ2) is 6.68. The molecule has 0 bridgehead atoms. The van der Waals surface area contributed by atoms with Gasteiger partial charge in [0.05, 0.1) is 5.69 Å². The minimum atomic E-state index is 0.0597. The molecule has 0 N–H and O–H groups in total. The first-order valence-corrected chi connectivity index (χ1v) is 9.13. The number of hydrogen-bond donors (Lipinski definition) is 0. The Morgan fingerprint density at radius 3 is 2.92 bits per heavy atom. The van der Waals surface area contributed by atoms with E-state index in [0.29, 0.717) is 22.9 Å². The molecular formula is C19H20ClN5O. The number of benzene rings is 1. The number of aryl methyl sites for hydroxylation is 2. The van der Waals surface area contributed by atoms with E-state index < -0.39 is 0 Å². The molecule has 0 radical (unpaired) electrons. The van der Waals surface area contributed by atoms with Gasteiger partial charge in [-0.15, -0.1) is 0 Å². The number of fused-ring (bicyclic) bond motifs is 1. The number of piperidine rings is 1. The Hall–Kier alpha value is -2.47. The molecule has 1 aliphatic rings. The number of nitrogens with zero attached hydrogens (tertiary/aromatic N) is 5. The van der Waals surface area contributed by atoms with Gasteiger partial charge in [-0.25, -0.2) is 9.50 Å². The van der Waals surface area contributed by atoms with Gasteiger partial charge in [0.25, 0.3) is 11.7 Å². The van der Waals surface area contributed by atoms with Crippen LogP contribution in [0.15, 0.2) is 30.6 Å². The van der Waals surface area contributed by atoms with Gasteiger partial charge in [-0.05, 0) is 56.5 Å². The highest BCUT2D eigenvalue weighted by molar-refractivity contribution is 6.30. The van der Waals surface area contributed by atoms with Crippen molar-refractivity contribution in [3.8, 4) is 0 Å². The van der Waals surface area contributed by atoms with Crippen LogP contribution in [0.5, 0.6) is 0 Å². The lowest BCUT2D eigenvalue weighted by Gasteiger charge is -2.33. The summed E-state index contributed by atoms with van der Waals surface area (Å²) in [6.07, 6.45) is 3.50. The van der Waals surface area contributed by atoms with Crippen molar-refractivity contribution in [2.45, 2.75) is 32.6 Å². The molecule has 3 aromatic rings. The third kappa shape index (κ3) is 3.05. The standard InChI is InChI=1S/C19H20ClN5O/c1-12-8-15(20)5-6-16(12)18(26)24-7-3-4-14(10-24)17-9-13(2)23-19-21-11-22-25(17)19/h5-6,8-9,11,14H,3-4,7,10H2,1-2H3. The van der Waals surface area contributed by atoms with Crippen LogP contribution in [0.4, 0.5) is 0 Å². The molecule has 1 atom stereocenters. The maximum Gasteiger partial charge on any atom is 0.254 e. The molecule has 1 fully saturated rings. The fourth-order valence-electron chi connectivity index (χ4n) is 3.69. The van der Waals surface area contributed by atoms with E-state index in [4.69, 9.17) is 11.6 Å². The number of likely N-dealkylation sites (tertiary alicyclic amines) is 1. The summed E-state index contributed by atoms with van der Waals surface area (Å²) in [5.41, 5.74) is 3.60. The molecule has 26 heavy (non-hydrogen) atoms. The lowest BCUT2D eigenvalue weighted by molar-refractivity contribution is 0.0704. The number of hydrogen-bond acceptors (Lipinski definition) is 4. The Labute approximate surface area is 156 Å². The summed E-state index contributed by atoms with van der Waals surface area (Å²) in [5, 5.41) is 4.96. The average molecular weight is 370 g/mol. The zero-order valence-electron chi connectivity index (χ0n) is 14.8. The molecule has 6 nitrogen and oxygen atoms in total. The summed E-state index contributed by atoms with van der Waals surface area (Å²) in [6.45, 7) is 5.31. The molecule has 0 spiro atoms. The average Bonchev–Trinajstić information content (AvgIpc) is 3.09. The van der Waals surface area contributed by atoms with Crippen molar-refractivity contribution in [1.82, 2.24) is 24.5 Å². The van der Waals surface area contributed by atoms with E-state index in [9.17, 15) is 4.79 Å². The number of aromatic nitrogens is 4. The summed E-state index contributed by atoms with van der Waals surface area (Å²) >= 11 is 6.02. The van der Waals surface area contributed by atoms with Crippen LogP contribution >= 0.6 is 11.6 Å². The molecular weight excluding hydrogens is 350 g/mol. The van der Waals surface area contributed by atoms with Crippen LogP contribution in [0.3, 0.4) is 0 Å². The molecule has 1 saturated heterocycles. The lowest BCUT2D eigenvalue weighted by Crippen LogP contribution is -2.39. The van der Waals surface area contributed by atoms with Crippen LogP contribution in [-0.2, 0) is 0 Å². The minimum Gasteiger partial charge on any atom is -0.338 e. The summed E-state index contributed by atoms with van der Waals surface area (Å²) in [7, 11) is 0. The first-order valence-electron chi connectivity index (χ1n) is 8.75. The maximum atomic E-state index is 13.0. The van der Waals surface area contributed by atoms with Gasteiger partial charge in [0, 0.05) is 35.3 Å². The molecule has 1 amide bonds. The summed E-state index contributed by atoms with van der Waals surface area (Å²) in [6, 6.07) is 7.47. The zero-order valence-corrected chi connectivity index (χ0v) is 15.6. The van der Waals surface area contributed by atoms with Crippen LogP contribution in [0.2, 0.25) is 5.02 Å². The minimum absolute atomic E-state index is 0.0597. The Morgan fingerprint density at radius 2 is 2.12 bits per heavy atom. The van der Waals surface area contributed by atoms with Gasteiger partial charge in [-0.2, -0.15) is 10.1 Å². The van der Waals surface area contributed by atoms with Crippen molar-refractivity contribution in [3.63, 3.8) is 0 Å². The van der Waals surface area contributed by atoms with Gasteiger partial charge in [0.15, 0.2) is 0 Å². The molecule has 0 saturated carbocycles. The summed E-state index contributed by atoms with van der Waals surface area (Å²) in [5.74, 6) is 0.882. The van der Waals surface area contributed by atoms with Crippen LogP contribution < -0.4 is 0 Å². The van der Waals surface area contributed by atoms with E-state index in [2.05, 4.69) is 15.1 Å². The van der Waals surface area contributed by atoms with Gasteiger partial charge in [0.2, 0.25) is 0 Å². The van der Waals surface area contributed by atoms with Crippen molar-refractivity contribution < 1.29 is 4.79 Å². The van der Waals surface area contributed by atoms with Crippen molar-refractivity contribution in [3.05, 3.63) is 58.1 Å². The van der Waals surface area contributed by atoms with E-state index in [-0.39, 0.29) is 11.8 Å². The van der Waals surface area contributed by atoms with Crippen LogP contribution in [0.25, 0.3) is 5.78 Å². The summed E-state index contributed by atoms with van der Waals surface area (Å²) < 4.78 is 1.79. The Balaban J connectivity index is 1.63. The third-order valence-corrected chi connectivity index (χ3v) is 5.19. The van der Waals surface area contributed by atoms with E-state index in [1.54, 1.807) is 10.6 Å². The predicted molar refractivity (Wildman–Crippen MR) is 99.6 cm³/mol. The quantitative estimate of drug-likeness (QED) is 0.694. The molecule has 134 valence electrons. The maximum absolute atomic E-state index is 13.0. The number of carbonyl (C=O) groups excluding carboxylic acids is 1. The second-order valence-corrected chi connectivity index (χ2v) is 7.28. The monoisotopic (exact) mass is 369 g/mol. The fourth-order valence-corrected chi connectivity index (χ4v) is 3.92. The molecule has 0 aliphatic carbocycles. The lowest BCUT2D eigenvalue weighted by atomic mass is 9.93. The highest BCUT2D eigenvalue weighted by Gasteiger charge is 2.28. The largest absolute Gasteiger partial charge is 0.338 e. The van der Waals surface area contributed by atoms with E-state index in [1.807, 2.05) is 36.9 Å². The van der Waals surface area contributed by atoms with Gasteiger partial charge < -0.3 is 4.90 Å². The third-order valence-electron chi connectivity index (χ3n) is 4.95. The molecule has 4 rings (SSSR count). The summed E-state index contributed by atoms with van der Waals surface area (Å²) in [4.78, 5) is 23.6. The van der Waals surface area contributed by atoms with Gasteiger partial charge in [-0.3, -0.25) is 4.79 Å². The predicted octanol–water partition coefficient (Wildman–Crippen LogP) is 3.41. The van der Waals surface area contributed by atoms with Gasteiger partial charge >= 0.3 is 0 Å².